The van der Waals surface area contributed by atoms with Gasteiger partial charge in [-0.25, -0.2) is 0 Å². The first-order valence-corrected chi connectivity index (χ1v) is 9.39. The van der Waals surface area contributed by atoms with Gasteiger partial charge in [0.1, 0.15) is 10.7 Å². The molecule has 2 aliphatic heterocycles. The molecule has 0 bridgehead atoms. The predicted octanol–water partition coefficient (Wildman–Crippen LogP) is 2.31. The molecule has 0 saturated carbocycles. The zero-order valence-corrected chi connectivity index (χ0v) is 14.2. The summed E-state index contributed by atoms with van der Waals surface area (Å²) in [5.74, 6) is 0.345. The minimum absolute atomic E-state index is 0.00892. The van der Waals surface area contributed by atoms with E-state index in [0.717, 1.165) is 25.8 Å². The first-order chi connectivity index (χ1) is 10.9. The first-order valence-electron chi connectivity index (χ1n) is 7.95. The molecule has 0 aromatic heterocycles. The lowest BCUT2D eigenvalue weighted by Gasteiger charge is -2.29. The van der Waals surface area contributed by atoms with Crippen LogP contribution in [-0.2, 0) is 10.0 Å². The smallest absolute Gasteiger partial charge is 0.286 e. The lowest BCUT2D eigenvalue weighted by atomic mass is 10.1. The van der Waals surface area contributed by atoms with Crippen molar-refractivity contribution in [1.29, 1.82) is 0 Å². The Hall–Kier alpha value is -1.89. The zero-order chi connectivity index (χ0) is 16.6. The molecular weight excluding hydrogens is 314 g/mol. The summed E-state index contributed by atoms with van der Waals surface area (Å²) in [4.78, 5) is 14.2. The second kappa shape index (κ2) is 5.96. The largest absolute Gasteiger partial charge is 0.350 e. The average molecular weight is 335 g/mol. The number of sulfonamides is 1. The van der Waals surface area contributed by atoms with Crippen LogP contribution in [0.3, 0.4) is 0 Å². The molecule has 1 saturated heterocycles. The minimum atomic E-state index is -3.75. The van der Waals surface area contributed by atoms with Crippen molar-refractivity contribution in [1.82, 2.24) is 5.32 Å². The van der Waals surface area contributed by atoms with Crippen LogP contribution in [0.1, 0.15) is 49.9 Å². The highest BCUT2D eigenvalue weighted by molar-refractivity contribution is 7.90. The van der Waals surface area contributed by atoms with Gasteiger partial charge in [-0.2, -0.15) is 8.42 Å². The van der Waals surface area contributed by atoms with Crippen LogP contribution in [0.15, 0.2) is 27.5 Å². The van der Waals surface area contributed by atoms with E-state index in [1.54, 1.807) is 12.1 Å². The number of amides is 1. The second-order valence-electron chi connectivity index (χ2n) is 6.26. The van der Waals surface area contributed by atoms with Crippen molar-refractivity contribution in [2.45, 2.75) is 50.5 Å². The zero-order valence-electron chi connectivity index (χ0n) is 13.4. The van der Waals surface area contributed by atoms with Gasteiger partial charge in [0.05, 0.1) is 5.69 Å². The highest BCUT2D eigenvalue weighted by Gasteiger charge is 2.32. The third kappa shape index (κ3) is 3.10. The van der Waals surface area contributed by atoms with Crippen LogP contribution in [0.4, 0.5) is 5.69 Å². The molecule has 2 aliphatic rings. The van der Waals surface area contributed by atoms with E-state index in [4.69, 9.17) is 0 Å². The number of benzene rings is 1. The van der Waals surface area contributed by atoms with Crippen LogP contribution in [0.25, 0.3) is 0 Å². The molecule has 0 aliphatic carbocycles. The Morgan fingerprint density at radius 2 is 2.04 bits per heavy atom. The summed E-state index contributed by atoms with van der Waals surface area (Å²) in [5, 5.41) is 2.78. The van der Waals surface area contributed by atoms with Gasteiger partial charge in [0, 0.05) is 24.6 Å². The van der Waals surface area contributed by atoms with Crippen molar-refractivity contribution in [3.63, 3.8) is 0 Å². The third-order valence-electron chi connectivity index (χ3n) is 4.03. The SMILES string of the molecule is CC(C)NC(=O)c1ccc2c(c1)S(=O)(=O)N=C1CCCCCN12. The van der Waals surface area contributed by atoms with Crippen LogP contribution in [0.5, 0.6) is 0 Å². The Kier molecular flexibility index (Phi) is 4.14. The number of anilines is 1. The molecule has 3 rings (SSSR count). The molecule has 6 nitrogen and oxygen atoms in total. The van der Waals surface area contributed by atoms with E-state index < -0.39 is 10.0 Å². The lowest BCUT2D eigenvalue weighted by Crippen LogP contribution is -2.36. The van der Waals surface area contributed by atoms with E-state index in [1.807, 2.05) is 18.7 Å². The van der Waals surface area contributed by atoms with E-state index in [2.05, 4.69) is 9.71 Å². The van der Waals surface area contributed by atoms with Crippen LogP contribution in [0.2, 0.25) is 0 Å². The standard InChI is InChI=1S/C16H21N3O3S/c1-11(2)17-16(20)12-7-8-13-14(10-12)23(21,22)18-15-6-4-3-5-9-19(13)15/h7-8,10-11H,3-6,9H2,1-2H3,(H,17,20). The van der Waals surface area contributed by atoms with Crippen molar-refractivity contribution < 1.29 is 13.2 Å². The maximum Gasteiger partial charge on any atom is 0.286 e. The molecule has 1 amide bonds. The third-order valence-corrected chi connectivity index (χ3v) is 5.36. The monoisotopic (exact) mass is 335 g/mol. The molecule has 124 valence electrons. The molecule has 2 heterocycles. The topological polar surface area (TPSA) is 78.8 Å². The summed E-state index contributed by atoms with van der Waals surface area (Å²) in [5.41, 5.74) is 0.979. The summed E-state index contributed by atoms with van der Waals surface area (Å²) in [6.45, 7) is 4.49. The molecule has 0 unspecified atom stereocenters. The summed E-state index contributed by atoms with van der Waals surface area (Å²) in [6, 6.07) is 4.83. The average Bonchev–Trinajstić information content (AvgIpc) is 2.71. The molecule has 1 aromatic rings. The summed E-state index contributed by atoms with van der Waals surface area (Å²) in [6.07, 6.45) is 3.71. The van der Waals surface area contributed by atoms with Gasteiger partial charge in [0.2, 0.25) is 0 Å². The normalized spacial score (nSPS) is 19.4. The number of carbonyl (C=O) groups is 1. The van der Waals surface area contributed by atoms with Crippen LogP contribution in [-0.4, -0.2) is 32.7 Å². The fourth-order valence-electron chi connectivity index (χ4n) is 2.97. The molecule has 1 fully saturated rings. The summed E-state index contributed by atoms with van der Waals surface area (Å²) >= 11 is 0. The van der Waals surface area contributed by atoms with Crippen LogP contribution in [0, 0.1) is 0 Å². The molecule has 1 aromatic carbocycles. The van der Waals surface area contributed by atoms with Gasteiger partial charge < -0.3 is 10.2 Å². The fraction of sp³-hybridized carbons (Fsp3) is 0.500. The molecule has 1 N–H and O–H groups in total. The Morgan fingerprint density at radius 3 is 2.78 bits per heavy atom. The van der Waals surface area contributed by atoms with E-state index in [9.17, 15) is 13.2 Å². The molecule has 7 heteroatoms. The predicted molar refractivity (Wildman–Crippen MR) is 89.5 cm³/mol. The Bertz CT molecular complexity index is 769. The van der Waals surface area contributed by atoms with Crippen molar-refractivity contribution in [2.24, 2.45) is 4.40 Å². The van der Waals surface area contributed by atoms with Gasteiger partial charge in [-0.1, -0.05) is 6.42 Å². The number of nitrogens with one attached hydrogen (secondary N) is 1. The van der Waals surface area contributed by atoms with Crippen LogP contribution < -0.4 is 10.2 Å². The van der Waals surface area contributed by atoms with E-state index in [1.165, 1.54) is 6.07 Å². The fourth-order valence-corrected chi connectivity index (χ4v) is 4.25. The van der Waals surface area contributed by atoms with Gasteiger partial charge in [0.25, 0.3) is 15.9 Å². The summed E-state index contributed by atoms with van der Waals surface area (Å²) < 4.78 is 29.0. The number of rotatable bonds is 2. The van der Waals surface area contributed by atoms with Gasteiger partial charge in [-0.3, -0.25) is 4.79 Å². The van der Waals surface area contributed by atoms with Gasteiger partial charge >= 0.3 is 0 Å². The molecule has 0 radical (unpaired) electrons. The van der Waals surface area contributed by atoms with Gasteiger partial charge in [-0.05, 0) is 44.9 Å². The highest BCUT2D eigenvalue weighted by Crippen LogP contribution is 2.34. The Balaban J connectivity index is 2.05. The van der Waals surface area contributed by atoms with Crippen molar-refractivity contribution >= 4 is 27.5 Å². The van der Waals surface area contributed by atoms with Crippen LogP contribution >= 0.6 is 0 Å². The van der Waals surface area contributed by atoms with E-state index >= 15 is 0 Å². The van der Waals surface area contributed by atoms with Gasteiger partial charge in [0.15, 0.2) is 0 Å². The Morgan fingerprint density at radius 1 is 1.26 bits per heavy atom. The molecule has 0 atom stereocenters. The molecule has 23 heavy (non-hydrogen) atoms. The van der Waals surface area contributed by atoms with Crippen molar-refractivity contribution in [3.8, 4) is 0 Å². The van der Waals surface area contributed by atoms with E-state index in [0.29, 0.717) is 23.5 Å². The van der Waals surface area contributed by atoms with Crippen molar-refractivity contribution in [3.05, 3.63) is 23.8 Å². The van der Waals surface area contributed by atoms with E-state index in [-0.39, 0.29) is 16.8 Å². The lowest BCUT2D eigenvalue weighted by molar-refractivity contribution is 0.0943. The maximum absolute atomic E-state index is 12.5. The number of carbonyl (C=O) groups excluding carboxylic acids is 1. The first kappa shape index (κ1) is 16.0. The number of fused-ring (bicyclic) bond motifs is 3. The molecular formula is C16H21N3O3S. The summed E-state index contributed by atoms with van der Waals surface area (Å²) in [7, 11) is -3.75. The highest BCUT2D eigenvalue weighted by atomic mass is 32.2. The van der Waals surface area contributed by atoms with Crippen molar-refractivity contribution in [2.75, 3.05) is 11.4 Å². The number of hydrogen-bond acceptors (Lipinski definition) is 4. The quantitative estimate of drug-likeness (QED) is 0.899. The number of amidine groups is 1. The van der Waals surface area contributed by atoms with Gasteiger partial charge in [-0.15, -0.1) is 4.40 Å². The number of hydrogen-bond donors (Lipinski definition) is 1. The Labute approximate surface area is 136 Å². The minimum Gasteiger partial charge on any atom is -0.350 e. The maximum atomic E-state index is 12.5. The number of nitrogens with zero attached hydrogens (tertiary/aromatic N) is 2. The molecule has 0 spiro atoms. The second-order valence-corrected chi connectivity index (χ2v) is 7.83.